The zero-order valence-corrected chi connectivity index (χ0v) is 13.8. The van der Waals surface area contributed by atoms with Crippen LogP contribution in [0.15, 0.2) is 0 Å². The molecule has 0 amide bonds. The van der Waals surface area contributed by atoms with Crippen molar-refractivity contribution < 1.29 is 0 Å². The van der Waals surface area contributed by atoms with Gasteiger partial charge in [0.15, 0.2) is 5.13 Å². The molecule has 3 nitrogen and oxygen atoms in total. The Bertz CT molecular complexity index is 455. The Labute approximate surface area is 126 Å². The third kappa shape index (κ3) is 2.60. The van der Waals surface area contributed by atoms with Gasteiger partial charge < -0.3 is 10.2 Å². The molecular formula is C16H27N3S. The summed E-state index contributed by atoms with van der Waals surface area (Å²) in [7, 11) is 2.02. The Morgan fingerprint density at radius 2 is 2.10 bits per heavy atom. The highest BCUT2D eigenvalue weighted by atomic mass is 32.1. The van der Waals surface area contributed by atoms with Crippen LogP contribution >= 0.6 is 11.3 Å². The molecule has 1 aliphatic carbocycles. The second kappa shape index (κ2) is 6.02. The highest BCUT2D eigenvalue weighted by Gasteiger charge is 2.37. The molecule has 1 aromatic rings. The summed E-state index contributed by atoms with van der Waals surface area (Å²) in [5.74, 6) is 1.45. The van der Waals surface area contributed by atoms with Gasteiger partial charge in [0.2, 0.25) is 0 Å². The smallest absolute Gasteiger partial charge is 0.186 e. The number of fused-ring (bicyclic) bond motifs is 1. The lowest BCUT2D eigenvalue weighted by molar-refractivity contribution is 0.342. The second-order valence-electron chi connectivity index (χ2n) is 6.58. The molecule has 2 atom stereocenters. The lowest BCUT2D eigenvalue weighted by atomic mass is 9.85. The normalized spacial score (nSPS) is 26.3. The van der Waals surface area contributed by atoms with Crippen molar-refractivity contribution in [3.63, 3.8) is 0 Å². The van der Waals surface area contributed by atoms with Crippen molar-refractivity contribution in [1.82, 2.24) is 10.3 Å². The van der Waals surface area contributed by atoms with E-state index in [1.165, 1.54) is 54.4 Å². The Balaban J connectivity index is 1.84. The minimum atomic E-state index is 0.521. The molecule has 3 rings (SSSR count). The topological polar surface area (TPSA) is 28.2 Å². The monoisotopic (exact) mass is 293 g/mol. The lowest BCUT2D eigenvalue weighted by Crippen LogP contribution is -2.34. The Morgan fingerprint density at radius 3 is 2.85 bits per heavy atom. The van der Waals surface area contributed by atoms with Crippen LogP contribution in [0.1, 0.15) is 62.4 Å². The number of hydrogen-bond donors (Lipinski definition) is 1. The van der Waals surface area contributed by atoms with Crippen molar-refractivity contribution >= 4 is 16.5 Å². The summed E-state index contributed by atoms with van der Waals surface area (Å²) in [6, 6.07) is 0.775. The zero-order chi connectivity index (χ0) is 14.1. The average Bonchev–Trinajstić information content (AvgIpc) is 3.02. The van der Waals surface area contributed by atoms with E-state index >= 15 is 0 Å². The van der Waals surface area contributed by atoms with E-state index in [2.05, 4.69) is 24.1 Å². The average molecular weight is 293 g/mol. The maximum absolute atomic E-state index is 5.01. The van der Waals surface area contributed by atoms with Crippen molar-refractivity contribution in [2.24, 2.45) is 5.92 Å². The van der Waals surface area contributed by atoms with Gasteiger partial charge in [-0.05, 0) is 38.1 Å². The molecule has 1 saturated heterocycles. The zero-order valence-electron chi connectivity index (χ0n) is 13.0. The fraction of sp³-hybridized carbons (Fsp3) is 0.812. The van der Waals surface area contributed by atoms with E-state index in [0.717, 1.165) is 18.5 Å². The molecule has 0 aromatic carbocycles. The summed E-state index contributed by atoms with van der Waals surface area (Å²) >= 11 is 1.92. The molecule has 2 aliphatic rings. The number of rotatable bonds is 4. The van der Waals surface area contributed by atoms with Crippen LogP contribution in [-0.4, -0.2) is 24.6 Å². The maximum atomic E-state index is 5.01. The number of hydrogen-bond acceptors (Lipinski definition) is 4. The Morgan fingerprint density at radius 1 is 1.30 bits per heavy atom. The fourth-order valence-electron chi connectivity index (χ4n) is 3.86. The number of nitrogens with zero attached hydrogens (tertiary/aromatic N) is 2. The molecule has 0 spiro atoms. The first-order chi connectivity index (χ1) is 9.70. The van der Waals surface area contributed by atoms with Crippen LogP contribution in [0.4, 0.5) is 5.13 Å². The molecule has 0 radical (unpaired) electrons. The molecule has 1 aromatic heterocycles. The fourth-order valence-corrected chi connectivity index (χ4v) is 5.17. The van der Waals surface area contributed by atoms with E-state index in [1.54, 1.807) is 0 Å². The number of thiazole rings is 1. The summed E-state index contributed by atoms with van der Waals surface area (Å²) < 4.78 is 0. The van der Waals surface area contributed by atoms with Crippen LogP contribution in [0.25, 0.3) is 0 Å². The highest BCUT2D eigenvalue weighted by Crippen LogP contribution is 2.41. The lowest BCUT2D eigenvalue weighted by Gasteiger charge is -2.31. The predicted molar refractivity (Wildman–Crippen MR) is 86.7 cm³/mol. The third-order valence-electron chi connectivity index (χ3n) is 4.86. The van der Waals surface area contributed by atoms with Gasteiger partial charge in [-0.25, -0.2) is 4.98 Å². The number of aromatic nitrogens is 1. The van der Waals surface area contributed by atoms with Crippen LogP contribution in [0.5, 0.6) is 0 Å². The third-order valence-corrected chi connectivity index (χ3v) is 5.96. The van der Waals surface area contributed by atoms with Gasteiger partial charge in [0.25, 0.3) is 0 Å². The number of anilines is 1. The minimum absolute atomic E-state index is 0.521. The SMILES string of the molecule is CNCc1sc(N2CCC3CCCCC32)nc1C(C)C. The molecule has 0 bridgehead atoms. The van der Waals surface area contributed by atoms with Crippen molar-refractivity contribution in [2.45, 2.75) is 64.5 Å². The first kappa shape index (κ1) is 14.3. The van der Waals surface area contributed by atoms with E-state index in [9.17, 15) is 0 Å². The summed E-state index contributed by atoms with van der Waals surface area (Å²) in [5, 5.41) is 4.58. The van der Waals surface area contributed by atoms with Gasteiger partial charge in [-0.2, -0.15) is 0 Å². The van der Waals surface area contributed by atoms with Gasteiger partial charge in [-0.1, -0.05) is 26.7 Å². The quantitative estimate of drug-likeness (QED) is 0.916. The molecule has 112 valence electrons. The van der Waals surface area contributed by atoms with Gasteiger partial charge in [0.1, 0.15) is 0 Å². The second-order valence-corrected chi connectivity index (χ2v) is 7.65. The summed E-state index contributed by atoms with van der Waals surface area (Å²) in [6.07, 6.45) is 7.04. The van der Waals surface area contributed by atoms with Gasteiger partial charge in [0.05, 0.1) is 5.69 Å². The van der Waals surface area contributed by atoms with Crippen molar-refractivity contribution in [3.05, 3.63) is 10.6 Å². The Kier molecular flexibility index (Phi) is 4.32. The van der Waals surface area contributed by atoms with Gasteiger partial charge in [0, 0.05) is 24.0 Å². The molecule has 2 unspecified atom stereocenters. The van der Waals surface area contributed by atoms with Gasteiger partial charge in [-0.3, -0.25) is 0 Å². The molecule has 2 fully saturated rings. The largest absolute Gasteiger partial charge is 0.345 e. The molecule has 2 heterocycles. The van der Waals surface area contributed by atoms with E-state index in [1.807, 2.05) is 18.4 Å². The summed E-state index contributed by atoms with van der Waals surface area (Å²) in [4.78, 5) is 9.06. The van der Waals surface area contributed by atoms with Crippen molar-refractivity contribution in [3.8, 4) is 0 Å². The summed E-state index contributed by atoms with van der Waals surface area (Å²) in [6.45, 7) is 6.68. The van der Waals surface area contributed by atoms with Crippen LogP contribution in [0.3, 0.4) is 0 Å². The first-order valence-corrected chi connectivity index (χ1v) is 8.93. The summed E-state index contributed by atoms with van der Waals surface area (Å²) in [5.41, 5.74) is 1.30. The molecule has 20 heavy (non-hydrogen) atoms. The number of nitrogens with one attached hydrogen (secondary N) is 1. The molecule has 1 saturated carbocycles. The maximum Gasteiger partial charge on any atom is 0.186 e. The van der Waals surface area contributed by atoms with Crippen LogP contribution in [0.2, 0.25) is 0 Å². The van der Waals surface area contributed by atoms with E-state index in [-0.39, 0.29) is 0 Å². The van der Waals surface area contributed by atoms with Crippen LogP contribution in [-0.2, 0) is 6.54 Å². The van der Waals surface area contributed by atoms with Crippen molar-refractivity contribution in [2.75, 3.05) is 18.5 Å². The van der Waals surface area contributed by atoms with E-state index in [0.29, 0.717) is 5.92 Å². The predicted octanol–water partition coefficient (Wildman–Crippen LogP) is 3.75. The minimum Gasteiger partial charge on any atom is -0.345 e. The Hall–Kier alpha value is -0.610. The van der Waals surface area contributed by atoms with Crippen molar-refractivity contribution in [1.29, 1.82) is 0 Å². The van der Waals surface area contributed by atoms with Crippen LogP contribution in [0, 0.1) is 5.92 Å². The highest BCUT2D eigenvalue weighted by molar-refractivity contribution is 7.15. The first-order valence-electron chi connectivity index (χ1n) is 8.11. The molecule has 1 N–H and O–H groups in total. The molecule has 4 heteroatoms. The molecular weight excluding hydrogens is 266 g/mol. The molecule has 1 aliphatic heterocycles. The standard InChI is InChI=1S/C16H27N3S/c1-11(2)15-14(10-17-3)20-16(18-15)19-9-8-12-6-4-5-7-13(12)19/h11-13,17H,4-10H2,1-3H3. The van der Waals surface area contributed by atoms with Gasteiger partial charge in [-0.15, -0.1) is 11.3 Å². The van der Waals surface area contributed by atoms with Crippen LogP contribution < -0.4 is 10.2 Å². The van der Waals surface area contributed by atoms with E-state index < -0.39 is 0 Å². The van der Waals surface area contributed by atoms with E-state index in [4.69, 9.17) is 4.98 Å². The van der Waals surface area contributed by atoms with Gasteiger partial charge >= 0.3 is 0 Å².